The van der Waals surface area contributed by atoms with E-state index in [1.54, 1.807) is 0 Å². The fraction of sp³-hybridized carbons (Fsp3) is 0.571. The standard InChI is InChI=1S/C14H20FN/c1-10-6-13(7-11(2)14(10)15)8-12-4-3-5-16-9-12/h6-7,12,16H,3-5,8-9H2,1-2H3. The Hall–Kier alpha value is -0.890. The molecule has 1 aromatic carbocycles. The molecule has 1 aliphatic rings. The van der Waals surface area contributed by atoms with E-state index in [1.807, 2.05) is 26.0 Å². The summed E-state index contributed by atoms with van der Waals surface area (Å²) >= 11 is 0. The molecule has 1 N–H and O–H groups in total. The molecule has 1 unspecified atom stereocenters. The number of rotatable bonds is 2. The molecule has 1 nitrogen and oxygen atoms in total. The van der Waals surface area contributed by atoms with Crippen molar-refractivity contribution in [3.8, 4) is 0 Å². The lowest BCUT2D eigenvalue weighted by Gasteiger charge is -2.23. The Kier molecular flexibility index (Phi) is 3.59. The van der Waals surface area contributed by atoms with E-state index in [9.17, 15) is 4.39 Å². The van der Waals surface area contributed by atoms with Gasteiger partial charge in [-0.15, -0.1) is 0 Å². The minimum atomic E-state index is -0.0504. The van der Waals surface area contributed by atoms with Crippen LogP contribution in [0.5, 0.6) is 0 Å². The van der Waals surface area contributed by atoms with Gasteiger partial charge in [-0.1, -0.05) is 12.1 Å². The van der Waals surface area contributed by atoms with Crippen LogP contribution in [-0.2, 0) is 6.42 Å². The summed E-state index contributed by atoms with van der Waals surface area (Å²) in [5, 5.41) is 3.42. The predicted octanol–water partition coefficient (Wildman–Crippen LogP) is 2.98. The summed E-state index contributed by atoms with van der Waals surface area (Å²) in [5.74, 6) is 0.670. The van der Waals surface area contributed by atoms with Crippen molar-refractivity contribution in [1.29, 1.82) is 0 Å². The Balaban J connectivity index is 2.09. The molecule has 16 heavy (non-hydrogen) atoms. The molecule has 0 radical (unpaired) electrons. The molecule has 1 fully saturated rings. The van der Waals surface area contributed by atoms with Gasteiger partial charge in [0.05, 0.1) is 0 Å². The van der Waals surface area contributed by atoms with Gasteiger partial charge < -0.3 is 5.32 Å². The normalized spacial score (nSPS) is 21.1. The van der Waals surface area contributed by atoms with Gasteiger partial charge >= 0.3 is 0 Å². The van der Waals surface area contributed by atoms with Crippen molar-refractivity contribution < 1.29 is 4.39 Å². The zero-order valence-electron chi connectivity index (χ0n) is 10.1. The SMILES string of the molecule is Cc1cc(CC2CCCNC2)cc(C)c1F. The van der Waals surface area contributed by atoms with Gasteiger partial charge in [-0.2, -0.15) is 0 Å². The number of nitrogens with one attached hydrogen (secondary N) is 1. The van der Waals surface area contributed by atoms with Gasteiger partial charge in [0.15, 0.2) is 0 Å². The molecular weight excluding hydrogens is 201 g/mol. The minimum absolute atomic E-state index is 0.0504. The number of hydrogen-bond acceptors (Lipinski definition) is 1. The van der Waals surface area contributed by atoms with Crippen LogP contribution in [0, 0.1) is 25.6 Å². The molecule has 1 aliphatic heterocycles. The molecule has 0 saturated carbocycles. The van der Waals surface area contributed by atoms with E-state index in [2.05, 4.69) is 5.32 Å². The van der Waals surface area contributed by atoms with Gasteiger partial charge in [-0.05, 0) is 68.8 Å². The number of benzene rings is 1. The third kappa shape index (κ3) is 2.62. The van der Waals surface area contributed by atoms with Gasteiger partial charge in [0.25, 0.3) is 0 Å². The number of halogens is 1. The summed E-state index contributed by atoms with van der Waals surface area (Å²) < 4.78 is 13.5. The van der Waals surface area contributed by atoms with Crippen molar-refractivity contribution in [2.24, 2.45) is 5.92 Å². The van der Waals surface area contributed by atoms with Gasteiger partial charge in [0.1, 0.15) is 5.82 Å². The molecule has 0 amide bonds. The van der Waals surface area contributed by atoms with Crippen molar-refractivity contribution in [3.63, 3.8) is 0 Å². The lowest BCUT2D eigenvalue weighted by atomic mass is 9.91. The van der Waals surface area contributed by atoms with Crippen LogP contribution in [0.3, 0.4) is 0 Å². The van der Waals surface area contributed by atoms with Gasteiger partial charge in [0, 0.05) is 0 Å². The first-order valence-electron chi connectivity index (χ1n) is 6.13. The lowest BCUT2D eigenvalue weighted by molar-refractivity contribution is 0.376. The fourth-order valence-electron chi connectivity index (χ4n) is 2.58. The number of piperidine rings is 1. The largest absolute Gasteiger partial charge is 0.316 e. The first-order chi connectivity index (χ1) is 7.66. The van der Waals surface area contributed by atoms with Crippen LogP contribution in [0.2, 0.25) is 0 Å². The minimum Gasteiger partial charge on any atom is -0.316 e. The van der Waals surface area contributed by atoms with E-state index in [1.165, 1.54) is 18.4 Å². The zero-order valence-corrected chi connectivity index (χ0v) is 10.1. The van der Waals surface area contributed by atoms with Crippen LogP contribution in [0.15, 0.2) is 12.1 Å². The average Bonchev–Trinajstić information content (AvgIpc) is 2.27. The number of aryl methyl sites for hydroxylation is 2. The molecular formula is C14H20FN. The van der Waals surface area contributed by atoms with E-state index >= 15 is 0 Å². The monoisotopic (exact) mass is 221 g/mol. The third-order valence-electron chi connectivity index (χ3n) is 3.42. The fourth-order valence-corrected chi connectivity index (χ4v) is 2.58. The molecule has 1 saturated heterocycles. The molecule has 1 heterocycles. The maximum Gasteiger partial charge on any atom is 0.129 e. The van der Waals surface area contributed by atoms with E-state index in [4.69, 9.17) is 0 Å². The summed E-state index contributed by atoms with van der Waals surface area (Å²) in [7, 11) is 0. The Bertz CT molecular complexity index is 344. The van der Waals surface area contributed by atoms with E-state index in [-0.39, 0.29) is 5.82 Å². The quantitative estimate of drug-likeness (QED) is 0.809. The van der Waals surface area contributed by atoms with Crippen LogP contribution >= 0.6 is 0 Å². The Morgan fingerprint density at radius 1 is 1.31 bits per heavy atom. The second-order valence-electron chi connectivity index (χ2n) is 4.96. The molecule has 0 aromatic heterocycles. The summed E-state index contributed by atoms with van der Waals surface area (Å²) in [5.41, 5.74) is 2.84. The van der Waals surface area contributed by atoms with Crippen molar-refractivity contribution in [1.82, 2.24) is 5.32 Å². The highest BCUT2D eigenvalue weighted by molar-refractivity contribution is 5.30. The molecule has 0 spiro atoms. The number of hydrogen-bond donors (Lipinski definition) is 1. The Labute approximate surface area is 97.1 Å². The van der Waals surface area contributed by atoms with Crippen molar-refractivity contribution >= 4 is 0 Å². The summed E-state index contributed by atoms with van der Waals surface area (Å²) in [6, 6.07) is 3.99. The van der Waals surface area contributed by atoms with Crippen LogP contribution in [0.1, 0.15) is 29.5 Å². The second-order valence-corrected chi connectivity index (χ2v) is 4.96. The van der Waals surface area contributed by atoms with E-state index in [0.29, 0.717) is 0 Å². The van der Waals surface area contributed by atoms with Crippen molar-refractivity contribution in [3.05, 3.63) is 34.6 Å². The smallest absolute Gasteiger partial charge is 0.129 e. The van der Waals surface area contributed by atoms with Crippen LogP contribution < -0.4 is 5.32 Å². The summed E-state index contributed by atoms with van der Waals surface area (Å²) in [4.78, 5) is 0. The molecule has 1 atom stereocenters. The Morgan fingerprint density at radius 2 is 2.00 bits per heavy atom. The highest BCUT2D eigenvalue weighted by Gasteiger charge is 2.14. The van der Waals surface area contributed by atoms with Gasteiger partial charge in [-0.3, -0.25) is 0 Å². The predicted molar refractivity (Wildman–Crippen MR) is 65.2 cm³/mol. The van der Waals surface area contributed by atoms with Gasteiger partial charge in [-0.25, -0.2) is 4.39 Å². The zero-order chi connectivity index (χ0) is 11.5. The molecule has 2 heteroatoms. The first kappa shape index (κ1) is 11.6. The van der Waals surface area contributed by atoms with Crippen LogP contribution in [0.25, 0.3) is 0 Å². The molecule has 0 aliphatic carbocycles. The molecule has 2 rings (SSSR count). The van der Waals surface area contributed by atoms with E-state index in [0.717, 1.165) is 36.6 Å². The highest BCUT2D eigenvalue weighted by atomic mass is 19.1. The average molecular weight is 221 g/mol. The maximum atomic E-state index is 13.5. The van der Waals surface area contributed by atoms with Gasteiger partial charge in [0.2, 0.25) is 0 Å². The third-order valence-corrected chi connectivity index (χ3v) is 3.42. The van der Waals surface area contributed by atoms with Crippen molar-refractivity contribution in [2.45, 2.75) is 33.1 Å². The van der Waals surface area contributed by atoms with E-state index < -0.39 is 0 Å². The topological polar surface area (TPSA) is 12.0 Å². The summed E-state index contributed by atoms with van der Waals surface area (Å²) in [6.45, 7) is 5.96. The summed E-state index contributed by atoms with van der Waals surface area (Å²) in [6.07, 6.45) is 3.64. The first-order valence-corrected chi connectivity index (χ1v) is 6.13. The highest BCUT2D eigenvalue weighted by Crippen LogP contribution is 2.20. The Morgan fingerprint density at radius 3 is 2.56 bits per heavy atom. The van der Waals surface area contributed by atoms with Crippen molar-refractivity contribution in [2.75, 3.05) is 13.1 Å². The molecule has 88 valence electrons. The maximum absolute atomic E-state index is 13.5. The molecule has 1 aromatic rings. The van der Waals surface area contributed by atoms with Crippen LogP contribution in [0.4, 0.5) is 4.39 Å². The lowest BCUT2D eigenvalue weighted by Crippen LogP contribution is -2.30. The molecule has 0 bridgehead atoms. The second kappa shape index (κ2) is 4.96. The van der Waals surface area contributed by atoms with Crippen LogP contribution in [-0.4, -0.2) is 13.1 Å².